The van der Waals surface area contributed by atoms with E-state index in [2.05, 4.69) is 17.6 Å². The second-order valence-corrected chi connectivity index (χ2v) is 6.21. The van der Waals surface area contributed by atoms with Crippen LogP contribution in [0.4, 0.5) is 4.79 Å². The fraction of sp³-hybridized carbons (Fsp3) is 0.438. The highest BCUT2D eigenvalue weighted by Crippen LogP contribution is 2.48. The lowest BCUT2D eigenvalue weighted by Gasteiger charge is -2.42. The summed E-state index contributed by atoms with van der Waals surface area (Å²) in [7, 11) is 0. The molecule has 0 saturated carbocycles. The summed E-state index contributed by atoms with van der Waals surface area (Å²) >= 11 is 6.26. The number of nitriles is 1. The average molecular weight is 318 g/mol. The van der Waals surface area contributed by atoms with Crippen LogP contribution >= 0.6 is 11.6 Å². The molecule has 0 spiro atoms. The summed E-state index contributed by atoms with van der Waals surface area (Å²) in [6.45, 7) is 3.42. The molecule has 2 bridgehead atoms. The quantitative estimate of drug-likeness (QED) is 0.784. The molecule has 2 aliphatic heterocycles. The molecule has 3 heterocycles. The highest BCUT2D eigenvalue weighted by Gasteiger charge is 2.52. The van der Waals surface area contributed by atoms with Crippen molar-refractivity contribution in [3.05, 3.63) is 41.9 Å². The number of ether oxygens (including phenoxy) is 1. The Morgan fingerprint density at radius 3 is 2.77 bits per heavy atom. The normalized spacial score (nSPS) is 29.7. The summed E-state index contributed by atoms with van der Waals surface area (Å²) in [5.74, 6) is 0. The lowest BCUT2D eigenvalue weighted by Crippen LogP contribution is -2.51. The number of carbonyl (C=O) groups is 1. The van der Waals surface area contributed by atoms with Gasteiger partial charge in [0.05, 0.1) is 22.8 Å². The highest BCUT2D eigenvalue weighted by molar-refractivity contribution is 6.31. The van der Waals surface area contributed by atoms with E-state index in [0.29, 0.717) is 17.9 Å². The lowest BCUT2D eigenvalue weighted by atomic mass is 9.71. The summed E-state index contributed by atoms with van der Waals surface area (Å²) in [6.07, 6.45) is 6.87. The van der Waals surface area contributed by atoms with Crippen LogP contribution in [0.25, 0.3) is 0 Å². The van der Waals surface area contributed by atoms with Crippen molar-refractivity contribution in [2.75, 3.05) is 0 Å². The van der Waals surface area contributed by atoms with Gasteiger partial charge in [-0.05, 0) is 37.3 Å². The second-order valence-electron chi connectivity index (χ2n) is 5.80. The second kappa shape index (κ2) is 5.62. The Bertz CT molecular complexity index is 641. The monoisotopic (exact) mass is 317 g/mol. The fourth-order valence-corrected chi connectivity index (χ4v) is 4.11. The number of fused-ring (bicyclic) bond motifs is 2. The minimum absolute atomic E-state index is 0.00455. The van der Waals surface area contributed by atoms with Gasteiger partial charge in [0.2, 0.25) is 0 Å². The molecule has 0 radical (unpaired) electrons. The van der Waals surface area contributed by atoms with Crippen LogP contribution in [0.5, 0.6) is 0 Å². The molecule has 3 rings (SSSR count). The van der Waals surface area contributed by atoms with Gasteiger partial charge in [-0.25, -0.2) is 4.79 Å². The van der Waals surface area contributed by atoms with Gasteiger partial charge in [-0.2, -0.15) is 5.26 Å². The van der Waals surface area contributed by atoms with Crippen molar-refractivity contribution in [1.82, 2.24) is 9.88 Å². The summed E-state index contributed by atoms with van der Waals surface area (Å²) in [5.41, 5.74) is 0.136. The molecular formula is C16H16ClN3O2. The van der Waals surface area contributed by atoms with Crippen molar-refractivity contribution < 1.29 is 9.53 Å². The Morgan fingerprint density at radius 2 is 2.23 bits per heavy atom. The van der Waals surface area contributed by atoms with Crippen molar-refractivity contribution in [3.63, 3.8) is 0 Å². The Hall–Kier alpha value is -2.06. The molecule has 22 heavy (non-hydrogen) atoms. The number of rotatable bonds is 2. The van der Waals surface area contributed by atoms with E-state index < -0.39 is 5.41 Å². The molecule has 2 atom stereocenters. The van der Waals surface area contributed by atoms with Crippen LogP contribution < -0.4 is 0 Å². The summed E-state index contributed by atoms with van der Waals surface area (Å²) in [5, 5.41) is 10.3. The zero-order valence-corrected chi connectivity index (χ0v) is 12.8. The molecule has 2 saturated heterocycles. The number of nitrogens with zero attached hydrogens (tertiary/aromatic N) is 3. The molecule has 1 aromatic heterocycles. The Labute approximate surface area is 134 Å². The van der Waals surface area contributed by atoms with E-state index >= 15 is 0 Å². The van der Waals surface area contributed by atoms with Gasteiger partial charge in [0.25, 0.3) is 0 Å². The number of aromatic nitrogens is 1. The topological polar surface area (TPSA) is 66.2 Å². The van der Waals surface area contributed by atoms with Crippen LogP contribution in [-0.2, 0) is 10.2 Å². The van der Waals surface area contributed by atoms with E-state index in [1.165, 1.54) is 0 Å². The van der Waals surface area contributed by atoms with Crippen LogP contribution in [0.2, 0.25) is 5.02 Å². The summed E-state index contributed by atoms with van der Waals surface area (Å²) in [6, 6.07) is 4.25. The van der Waals surface area contributed by atoms with E-state index in [0.717, 1.165) is 24.7 Å². The maximum atomic E-state index is 12.1. The van der Waals surface area contributed by atoms with E-state index in [9.17, 15) is 10.1 Å². The SMILES string of the molecule is C=COC(=O)N1C2CCC1CC(C#N)(c1ccncc1Cl)C2. The molecule has 0 aromatic carbocycles. The molecule has 114 valence electrons. The zero-order valence-electron chi connectivity index (χ0n) is 12.0. The Balaban J connectivity index is 1.94. The third-order valence-electron chi connectivity index (χ3n) is 4.69. The van der Waals surface area contributed by atoms with Crippen LogP contribution in [0, 0.1) is 11.3 Å². The van der Waals surface area contributed by atoms with Crippen LogP contribution in [0.3, 0.4) is 0 Å². The number of carbonyl (C=O) groups excluding carboxylic acids is 1. The Kier molecular flexibility index (Phi) is 3.79. The molecule has 2 aliphatic rings. The van der Waals surface area contributed by atoms with Crippen molar-refractivity contribution >= 4 is 17.7 Å². The number of pyridine rings is 1. The molecule has 1 aromatic rings. The van der Waals surface area contributed by atoms with Crippen LogP contribution in [0.1, 0.15) is 31.2 Å². The smallest absolute Gasteiger partial charge is 0.415 e. The van der Waals surface area contributed by atoms with E-state index in [1.807, 2.05) is 6.07 Å². The van der Waals surface area contributed by atoms with Crippen LogP contribution in [0.15, 0.2) is 31.3 Å². The van der Waals surface area contributed by atoms with Gasteiger partial charge in [0, 0.05) is 24.5 Å². The van der Waals surface area contributed by atoms with Crippen molar-refractivity contribution in [2.24, 2.45) is 0 Å². The van der Waals surface area contributed by atoms with Gasteiger partial charge >= 0.3 is 6.09 Å². The van der Waals surface area contributed by atoms with Crippen molar-refractivity contribution in [1.29, 1.82) is 5.26 Å². The molecule has 2 fully saturated rings. The van der Waals surface area contributed by atoms with E-state index in [1.54, 1.807) is 17.3 Å². The number of piperidine rings is 1. The standard InChI is InChI=1S/C16H16ClN3O2/c1-2-22-15(21)20-11-3-4-12(20)8-16(7-11,10-18)13-5-6-19-9-14(13)17/h2,5-6,9,11-12H,1,3-4,7-8H2. The summed E-state index contributed by atoms with van der Waals surface area (Å²) < 4.78 is 4.93. The molecule has 0 N–H and O–H groups in total. The average Bonchev–Trinajstić information content (AvgIpc) is 2.79. The number of hydrogen-bond acceptors (Lipinski definition) is 4. The van der Waals surface area contributed by atoms with Crippen molar-refractivity contribution in [2.45, 2.75) is 43.2 Å². The maximum Gasteiger partial charge on any atom is 0.415 e. The lowest BCUT2D eigenvalue weighted by molar-refractivity contribution is 0.0808. The van der Waals surface area contributed by atoms with Gasteiger partial charge in [-0.3, -0.25) is 4.98 Å². The third kappa shape index (κ3) is 2.24. The number of amides is 1. The van der Waals surface area contributed by atoms with Gasteiger partial charge < -0.3 is 9.64 Å². The van der Waals surface area contributed by atoms with Crippen LogP contribution in [-0.4, -0.2) is 28.1 Å². The molecule has 5 nitrogen and oxygen atoms in total. The molecule has 1 amide bonds. The van der Waals surface area contributed by atoms with E-state index in [-0.39, 0.29) is 18.2 Å². The first-order chi connectivity index (χ1) is 10.6. The highest BCUT2D eigenvalue weighted by atomic mass is 35.5. The van der Waals surface area contributed by atoms with Gasteiger partial charge in [0.1, 0.15) is 0 Å². The molecule has 0 aliphatic carbocycles. The number of halogens is 1. The van der Waals surface area contributed by atoms with Gasteiger partial charge in [-0.1, -0.05) is 18.2 Å². The minimum atomic E-state index is -0.670. The van der Waals surface area contributed by atoms with E-state index in [4.69, 9.17) is 16.3 Å². The summed E-state index contributed by atoms with van der Waals surface area (Å²) in [4.78, 5) is 17.8. The first-order valence-corrected chi connectivity index (χ1v) is 7.60. The largest absolute Gasteiger partial charge is 0.419 e. The molecule has 6 heteroatoms. The molecule has 2 unspecified atom stereocenters. The Morgan fingerprint density at radius 1 is 1.55 bits per heavy atom. The predicted molar refractivity (Wildman–Crippen MR) is 81.1 cm³/mol. The third-order valence-corrected chi connectivity index (χ3v) is 4.99. The number of hydrogen-bond donors (Lipinski definition) is 0. The maximum absolute atomic E-state index is 12.1. The fourth-order valence-electron chi connectivity index (χ4n) is 3.81. The van der Waals surface area contributed by atoms with Gasteiger partial charge in [0.15, 0.2) is 0 Å². The van der Waals surface area contributed by atoms with Crippen molar-refractivity contribution in [3.8, 4) is 6.07 Å². The first-order valence-electron chi connectivity index (χ1n) is 7.22. The van der Waals surface area contributed by atoms with Gasteiger partial charge in [-0.15, -0.1) is 0 Å². The zero-order chi connectivity index (χ0) is 15.7. The first kappa shape index (κ1) is 14.9. The molecular weight excluding hydrogens is 302 g/mol. The minimum Gasteiger partial charge on any atom is -0.419 e. The predicted octanol–water partition coefficient (Wildman–Crippen LogP) is 3.40.